The highest BCUT2D eigenvalue weighted by atomic mass is 35.5. The van der Waals surface area contributed by atoms with Crippen molar-refractivity contribution in [1.82, 2.24) is 25.4 Å². The van der Waals surface area contributed by atoms with Crippen LogP contribution in [-0.2, 0) is 6.42 Å². The largest absolute Gasteiger partial charge is 0.420 e. The lowest BCUT2D eigenvalue weighted by Gasteiger charge is -2.06. The lowest BCUT2D eigenvalue weighted by Crippen LogP contribution is -1.95. The van der Waals surface area contributed by atoms with Gasteiger partial charge in [0, 0.05) is 5.92 Å². The molecule has 3 aromatic heterocycles. The molecule has 3 aromatic rings. The molecule has 3 heterocycles. The quantitative estimate of drug-likeness (QED) is 0.800. The maximum absolute atomic E-state index is 6.46. The van der Waals surface area contributed by atoms with Crippen LogP contribution in [0.25, 0.3) is 22.5 Å². The van der Waals surface area contributed by atoms with Gasteiger partial charge in [-0.05, 0) is 6.42 Å². The Balaban J connectivity index is 2.24. The summed E-state index contributed by atoms with van der Waals surface area (Å²) < 4.78 is 5.70. The number of aryl methyl sites for hydroxylation is 1. The Bertz CT molecular complexity index is 761. The van der Waals surface area contributed by atoms with E-state index in [1.165, 1.54) is 0 Å². The first-order chi connectivity index (χ1) is 9.61. The number of hydrogen-bond acceptors (Lipinski definition) is 5. The Hall–Kier alpha value is -1.95. The number of nitrogens with one attached hydrogen (secondary N) is 1. The third-order valence-corrected chi connectivity index (χ3v) is 3.49. The highest BCUT2D eigenvalue weighted by molar-refractivity contribution is 6.37. The molecule has 7 heteroatoms. The van der Waals surface area contributed by atoms with E-state index in [0.29, 0.717) is 34.4 Å². The van der Waals surface area contributed by atoms with Gasteiger partial charge in [0.25, 0.3) is 5.89 Å². The van der Waals surface area contributed by atoms with Gasteiger partial charge in [-0.15, -0.1) is 10.2 Å². The van der Waals surface area contributed by atoms with Gasteiger partial charge in [-0.3, -0.25) is 5.10 Å². The van der Waals surface area contributed by atoms with Crippen molar-refractivity contribution in [1.29, 1.82) is 0 Å². The number of halogens is 1. The highest BCUT2D eigenvalue weighted by Gasteiger charge is 2.21. The lowest BCUT2D eigenvalue weighted by atomic mass is 10.1. The molecule has 6 nitrogen and oxygen atoms in total. The molecule has 0 aliphatic carbocycles. The first-order valence-electron chi connectivity index (χ1n) is 6.47. The van der Waals surface area contributed by atoms with Crippen molar-refractivity contribution in [3.8, 4) is 11.5 Å². The van der Waals surface area contributed by atoms with Crippen LogP contribution in [0.4, 0.5) is 0 Å². The zero-order valence-corrected chi connectivity index (χ0v) is 12.2. The fourth-order valence-corrected chi connectivity index (χ4v) is 2.35. The van der Waals surface area contributed by atoms with Crippen molar-refractivity contribution >= 4 is 22.6 Å². The molecular formula is C13H14ClN5O. The summed E-state index contributed by atoms with van der Waals surface area (Å²) in [4.78, 5) is 4.51. The average Bonchev–Trinajstić information content (AvgIpc) is 3.06. The molecule has 3 rings (SSSR count). The van der Waals surface area contributed by atoms with E-state index in [-0.39, 0.29) is 5.92 Å². The lowest BCUT2D eigenvalue weighted by molar-refractivity contribution is 0.480. The van der Waals surface area contributed by atoms with Crippen LogP contribution in [-0.4, -0.2) is 25.4 Å². The summed E-state index contributed by atoms with van der Waals surface area (Å²) in [6.07, 6.45) is 2.36. The zero-order chi connectivity index (χ0) is 14.3. The summed E-state index contributed by atoms with van der Waals surface area (Å²) in [5.74, 6) is 1.17. The maximum atomic E-state index is 6.46. The van der Waals surface area contributed by atoms with E-state index in [9.17, 15) is 0 Å². The van der Waals surface area contributed by atoms with Crippen molar-refractivity contribution in [2.45, 2.75) is 33.1 Å². The molecule has 0 atom stereocenters. The zero-order valence-electron chi connectivity index (χ0n) is 11.4. The predicted octanol–water partition coefficient (Wildman–Crippen LogP) is 3.35. The van der Waals surface area contributed by atoms with Crippen molar-refractivity contribution in [3.05, 3.63) is 22.8 Å². The molecule has 0 aliphatic rings. The Labute approximate surface area is 120 Å². The fraction of sp³-hybridized carbons (Fsp3) is 0.385. The van der Waals surface area contributed by atoms with Crippen molar-refractivity contribution in [2.75, 3.05) is 0 Å². The summed E-state index contributed by atoms with van der Waals surface area (Å²) in [5, 5.41) is 16.2. The van der Waals surface area contributed by atoms with Crippen LogP contribution in [0.5, 0.6) is 0 Å². The van der Waals surface area contributed by atoms with Crippen LogP contribution in [0.3, 0.4) is 0 Å². The second-order valence-corrected chi connectivity index (χ2v) is 5.21. The van der Waals surface area contributed by atoms with Gasteiger partial charge < -0.3 is 4.42 Å². The second-order valence-electron chi connectivity index (χ2n) is 4.83. The molecule has 0 spiro atoms. The van der Waals surface area contributed by atoms with Crippen LogP contribution in [0.2, 0.25) is 5.02 Å². The Morgan fingerprint density at radius 2 is 2.15 bits per heavy atom. The smallest absolute Gasteiger partial charge is 0.251 e. The molecule has 0 unspecified atom stereocenters. The molecule has 0 radical (unpaired) electrons. The molecule has 20 heavy (non-hydrogen) atoms. The number of nitrogens with zero attached hydrogens (tertiary/aromatic N) is 4. The monoisotopic (exact) mass is 291 g/mol. The molecular weight excluding hydrogens is 278 g/mol. The van der Waals surface area contributed by atoms with E-state index >= 15 is 0 Å². The standard InChI is InChI=1S/C13H14ClN5O/c1-4-8-9(13-19-18-12(20-13)6(2)3)10(14)7-5-15-17-11(7)16-8/h5-6H,4H2,1-3H3,(H,15,16,17). The van der Waals surface area contributed by atoms with E-state index in [1.807, 2.05) is 20.8 Å². The van der Waals surface area contributed by atoms with E-state index in [0.717, 1.165) is 11.1 Å². The normalized spacial score (nSPS) is 11.7. The molecule has 0 amide bonds. The Morgan fingerprint density at radius 1 is 1.35 bits per heavy atom. The molecule has 104 valence electrons. The summed E-state index contributed by atoms with van der Waals surface area (Å²) >= 11 is 6.46. The third-order valence-electron chi connectivity index (χ3n) is 3.09. The van der Waals surface area contributed by atoms with Crippen LogP contribution in [0, 0.1) is 0 Å². The number of pyridine rings is 1. The summed E-state index contributed by atoms with van der Waals surface area (Å²) in [5.41, 5.74) is 2.17. The third kappa shape index (κ3) is 1.96. The molecule has 0 aromatic carbocycles. The van der Waals surface area contributed by atoms with Gasteiger partial charge >= 0.3 is 0 Å². The predicted molar refractivity (Wildman–Crippen MR) is 75.7 cm³/mol. The van der Waals surface area contributed by atoms with Crippen LogP contribution in [0.1, 0.15) is 38.3 Å². The van der Waals surface area contributed by atoms with Gasteiger partial charge in [0.15, 0.2) is 5.65 Å². The van der Waals surface area contributed by atoms with Crippen molar-refractivity contribution in [3.63, 3.8) is 0 Å². The molecule has 0 fully saturated rings. The Kier molecular flexibility index (Phi) is 3.17. The van der Waals surface area contributed by atoms with Crippen LogP contribution in [0.15, 0.2) is 10.6 Å². The topological polar surface area (TPSA) is 80.5 Å². The minimum Gasteiger partial charge on any atom is -0.420 e. The van der Waals surface area contributed by atoms with E-state index < -0.39 is 0 Å². The molecule has 0 saturated carbocycles. The van der Waals surface area contributed by atoms with E-state index in [4.69, 9.17) is 16.0 Å². The van der Waals surface area contributed by atoms with Crippen LogP contribution < -0.4 is 0 Å². The number of aromatic nitrogens is 5. The Morgan fingerprint density at radius 3 is 2.80 bits per heavy atom. The maximum Gasteiger partial charge on any atom is 0.251 e. The average molecular weight is 292 g/mol. The molecule has 0 aliphatic heterocycles. The minimum atomic E-state index is 0.172. The molecule has 1 N–H and O–H groups in total. The molecule has 0 bridgehead atoms. The number of hydrogen-bond donors (Lipinski definition) is 1. The van der Waals surface area contributed by atoms with E-state index in [2.05, 4.69) is 25.4 Å². The van der Waals surface area contributed by atoms with Gasteiger partial charge in [0.1, 0.15) is 0 Å². The van der Waals surface area contributed by atoms with Gasteiger partial charge in [-0.1, -0.05) is 32.4 Å². The van der Waals surface area contributed by atoms with Crippen molar-refractivity contribution < 1.29 is 4.42 Å². The summed E-state index contributed by atoms with van der Waals surface area (Å²) in [6.45, 7) is 6.00. The first kappa shape index (κ1) is 13.1. The number of fused-ring (bicyclic) bond motifs is 1. The van der Waals surface area contributed by atoms with E-state index in [1.54, 1.807) is 6.20 Å². The summed E-state index contributed by atoms with van der Waals surface area (Å²) in [7, 11) is 0. The molecule has 0 saturated heterocycles. The van der Waals surface area contributed by atoms with Gasteiger partial charge in [0.05, 0.1) is 27.9 Å². The number of rotatable bonds is 3. The van der Waals surface area contributed by atoms with Gasteiger partial charge in [-0.25, -0.2) is 4.98 Å². The van der Waals surface area contributed by atoms with Crippen LogP contribution >= 0.6 is 11.6 Å². The SMILES string of the molecule is CCc1nc2[nH]ncc2c(Cl)c1-c1nnc(C(C)C)o1. The van der Waals surface area contributed by atoms with Gasteiger partial charge in [0.2, 0.25) is 5.89 Å². The summed E-state index contributed by atoms with van der Waals surface area (Å²) in [6, 6.07) is 0. The van der Waals surface area contributed by atoms with Gasteiger partial charge in [-0.2, -0.15) is 5.10 Å². The highest BCUT2D eigenvalue weighted by Crippen LogP contribution is 2.35. The fourth-order valence-electron chi connectivity index (χ4n) is 2.02. The number of H-pyrrole nitrogens is 1. The number of aromatic amines is 1. The second kappa shape index (κ2) is 4.86. The first-order valence-corrected chi connectivity index (χ1v) is 6.84. The van der Waals surface area contributed by atoms with Crippen molar-refractivity contribution in [2.24, 2.45) is 0 Å². The minimum absolute atomic E-state index is 0.172.